The molecule has 1 aliphatic heterocycles. The van der Waals surface area contributed by atoms with E-state index in [1.807, 2.05) is 42.2 Å². The molecular weight excluding hydrogens is 390 g/mol. The molecule has 0 unspecified atom stereocenters. The molecule has 1 aliphatic rings. The Hall–Kier alpha value is -1.18. The predicted octanol–water partition coefficient (Wildman–Crippen LogP) is 3.03. The number of benzene rings is 1. The van der Waals surface area contributed by atoms with E-state index in [2.05, 4.69) is 39.3 Å². The number of sulfone groups is 1. The molecule has 7 heteroatoms. The number of halogens is 1. The van der Waals surface area contributed by atoms with Gasteiger partial charge in [0.2, 0.25) is 0 Å². The summed E-state index contributed by atoms with van der Waals surface area (Å²) in [4.78, 5) is 0. The summed E-state index contributed by atoms with van der Waals surface area (Å²) in [5, 5.41) is 7.89. The van der Waals surface area contributed by atoms with E-state index in [1.165, 1.54) is 5.56 Å². The van der Waals surface area contributed by atoms with Gasteiger partial charge in [0.1, 0.15) is 0 Å². The molecule has 0 radical (unpaired) electrons. The van der Waals surface area contributed by atoms with Crippen LogP contribution in [-0.2, 0) is 21.9 Å². The minimum Gasteiger partial charge on any atom is -0.306 e. The third-order valence-electron chi connectivity index (χ3n) is 4.66. The van der Waals surface area contributed by atoms with Crippen LogP contribution in [-0.4, -0.2) is 29.7 Å². The molecule has 2 heterocycles. The summed E-state index contributed by atoms with van der Waals surface area (Å²) in [6, 6.07) is 8.35. The topological polar surface area (TPSA) is 64.0 Å². The second-order valence-corrected chi connectivity index (χ2v) is 9.79. The van der Waals surface area contributed by atoms with Gasteiger partial charge >= 0.3 is 0 Å². The van der Waals surface area contributed by atoms with Crippen LogP contribution < -0.4 is 5.32 Å². The highest BCUT2D eigenvalue weighted by Crippen LogP contribution is 2.30. The van der Waals surface area contributed by atoms with Crippen LogP contribution >= 0.6 is 15.9 Å². The van der Waals surface area contributed by atoms with Gasteiger partial charge in [-0.05, 0) is 31.9 Å². The smallest absolute Gasteiger partial charge is 0.152 e. The van der Waals surface area contributed by atoms with Crippen molar-refractivity contribution in [1.29, 1.82) is 0 Å². The van der Waals surface area contributed by atoms with E-state index >= 15 is 0 Å². The van der Waals surface area contributed by atoms with Crippen LogP contribution in [0.5, 0.6) is 0 Å². The molecule has 1 saturated heterocycles. The lowest BCUT2D eigenvalue weighted by atomic mass is 10.0. The highest BCUT2D eigenvalue weighted by molar-refractivity contribution is 9.10. The lowest BCUT2D eigenvalue weighted by Crippen LogP contribution is -2.31. The van der Waals surface area contributed by atoms with Crippen LogP contribution in [0.4, 0.5) is 0 Å². The molecular formula is C17H22BrN3O2S. The molecule has 1 aromatic heterocycles. The van der Waals surface area contributed by atoms with Crippen molar-refractivity contribution >= 4 is 25.8 Å². The van der Waals surface area contributed by atoms with E-state index in [0.717, 1.165) is 10.0 Å². The van der Waals surface area contributed by atoms with Crippen molar-refractivity contribution in [2.24, 2.45) is 0 Å². The first-order valence-corrected chi connectivity index (χ1v) is 10.6. The molecule has 24 heavy (non-hydrogen) atoms. The van der Waals surface area contributed by atoms with Crippen LogP contribution in [0.2, 0.25) is 0 Å². The molecule has 0 bridgehead atoms. The van der Waals surface area contributed by atoms with Crippen LogP contribution in [0, 0.1) is 0 Å². The predicted molar refractivity (Wildman–Crippen MR) is 98.5 cm³/mol. The number of hydrogen-bond donors (Lipinski definition) is 1. The van der Waals surface area contributed by atoms with Gasteiger partial charge in [-0.1, -0.05) is 34.1 Å². The zero-order valence-electron chi connectivity index (χ0n) is 13.9. The maximum absolute atomic E-state index is 11.8. The first-order chi connectivity index (χ1) is 11.3. The van der Waals surface area contributed by atoms with Gasteiger partial charge in [0.05, 0.1) is 23.2 Å². The van der Waals surface area contributed by atoms with E-state index < -0.39 is 15.4 Å². The average Bonchev–Trinajstić information content (AvgIpc) is 3.11. The summed E-state index contributed by atoms with van der Waals surface area (Å²) in [7, 11) is -2.94. The van der Waals surface area contributed by atoms with Crippen LogP contribution in [0.1, 0.15) is 37.4 Å². The lowest BCUT2D eigenvalue weighted by molar-refractivity contribution is 0.328. The summed E-state index contributed by atoms with van der Waals surface area (Å²) < 4.78 is 26.4. The first kappa shape index (κ1) is 17.6. The minimum atomic E-state index is -2.94. The largest absolute Gasteiger partial charge is 0.306 e. The third kappa shape index (κ3) is 3.73. The summed E-state index contributed by atoms with van der Waals surface area (Å²) in [5.41, 5.74) is 1.84. The zero-order chi connectivity index (χ0) is 17.4. The van der Waals surface area contributed by atoms with Gasteiger partial charge in [-0.25, -0.2) is 8.42 Å². The molecule has 1 fully saturated rings. The highest BCUT2D eigenvalue weighted by atomic mass is 79.9. The number of hydrogen-bond acceptors (Lipinski definition) is 4. The quantitative estimate of drug-likeness (QED) is 0.820. The molecule has 0 saturated carbocycles. The molecule has 0 aliphatic carbocycles. The Balaban J connectivity index is 1.66. The highest BCUT2D eigenvalue weighted by Gasteiger charge is 2.40. The summed E-state index contributed by atoms with van der Waals surface area (Å²) in [5.74, 6) is 0.415. The van der Waals surface area contributed by atoms with Crippen molar-refractivity contribution in [3.05, 3.63) is 52.3 Å². The van der Waals surface area contributed by atoms with Gasteiger partial charge in [-0.3, -0.25) is 4.68 Å². The van der Waals surface area contributed by atoms with Gasteiger partial charge in [0, 0.05) is 28.8 Å². The number of nitrogens with one attached hydrogen (secondary N) is 1. The molecule has 0 amide bonds. The molecule has 130 valence electrons. The fourth-order valence-electron chi connectivity index (χ4n) is 3.13. The SMILES string of the molecule is C[C@H](NCc1cnn([C@]2(C)CCS(=O)(=O)C2)c1)c1ccccc1Br. The van der Waals surface area contributed by atoms with Crippen molar-refractivity contribution in [3.8, 4) is 0 Å². The molecule has 5 nitrogen and oxygen atoms in total. The minimum absolute atomic E-state index is 0.169. The molecule has 3 rings (SSSR count). The van der Waals surface area contributed by atoms with Gasteiger partial charge in [-0.2, -0.15) is 5.10 Å². The Morgan fingerprint density at radius 3 is 2.83 bits per heavy atom. The molecule has 2 atom stereocenters. The fraction of sp³-hybridized carbons (Fsp3) is 0.471. The van der Waals surface area contributed by atoms with Crippen molar-refractivity contribution in [3.63, 3.8) is 0 Å². The van der Waals surface area contributed by atoms with Crippen molar-refractivity contribution in [2.45, 2.75) is 38.4 Å². The molecule has 1 aromatic carbocycles. The van der Waals surface area contributed by atoms with E-state index in [4.69, 9.17) is 0 Å². The number of rotatable bonds is 5. The van der Waals surface area contributed by atoms with Gasteiger partial charge in [0.25, 0.3) is 0 Å². The van der Waals surface area contributed by atoms with E-state index in [9.17, 15) is 8.42 Å². The average molecular weight is 412 g/mol. The van der Waals surface area contributed by atoms with Crippen LogP contribution in [0.25, 0.3) is 0 Å². The Bertz CT molecular complexity index is 834. The Labute approximate surface area is 151 Å². The Morgan fingerprint density at radius 2 is 2.17 bits per heavy atom. The Kier molecular flexibility index (Phi) is 4.86. The van der Waals surface area contributed by atoms with Crippen molar-refractivity contribution < 1.29 is 8.42 Å². The summed E-state index contributed by atoms with van der Waals surface area (Å²) in [6.07, 6.45) is 4.40. The van der Waals surface area contributed by atoms with Crippen LogP contribution in [0.3, 0.4) is 0 Å². The maximum atomic E-state index is 11.8. The second-order valence-electron chi connectivity index (χ2n) is 6.76. The van der Waals surface area contributed by atoms with E-state index in [-0.39, 0.29) is 17.5 Å². The van der Waals surface area contributed by atoms with E-state index in [1.54, 1.807) is 0 Å². The molecule has 0 spiro atoms. The van der Waals surface area contributed by atoms with Crippen molar-refractivity contribution in [1.82, 2.24) is 15.1 Å². The third-order valence-corrected chi connectivity index (χ3v) is 7.27. The van der Waals surface area contributed by atoms with Gasteiger partial charge < -0.3 is 5.32 Å². The van der Waals surface area contributed by atoms with Crippen molar-refractivity contribution in [2.75, 3.05) is 11.5 Å². The van der Waals surface area contributed by atoms with E-state index in [0.29, 0.717) is 13.0 Å². The number of nitrogens with zero attached hydrogens (tertiary/aromatic N) is 2. The zero-order valence-corrected chi connectivity index (χ0v) is 16.3. The molecule has 1 N–H and O–H groups in total. The van der Waals surface area contributed by atoms with Crippen LogP contribution in [0.15, 0.2) is 41.1 Å². The monoisotopic (exact) mass is 411 g/mol. The Morgan fingerprint density at radius 1 is 1.42 bits per heavy atom. The maximum Gasteiger partial charge on any atom is 0.152 e. The summed E-state index contributed by atoms with van der Waals surface area (Å²) >= 11 is 3.58. The fourth-order valence-corrected chi connectivity index (χ4v) is 5.88. The number of aromatic nitrogens is 2. The molecule has 2 aromatic rings. The second kappa shape index (κ2) is 6.61. The van der Waals surface area contributed by atoms with Gasteiger partial charge in [0.15, 0.2) is 9.84 Å². The first-order valence-electron chi connectivity index (χ1n) is 8.01. The summed E-state index contributed by atoms with van der Waals surface area (Å²) in [6.45, 7) is 4.77. The normalized spacial score (nSPS) is 24.1. The lowest BCUT2D eigenvalue weighted by Gasteiger charge is -2.22. The standard InChI is InChI=1S/C17H22BrN3O2S/c1-13(15-5-3-4-6-16(15)18)19-9-14-10-20-21(11-14)17(2)7-8-24(22,23)12-17/h3-6,10-11,13,19H,7-9,12H2,1-2H3/t13-,17+/m0/s1. The van der Waals surface area contributed by atoms with Gasteiger partial charge in [-0.15, -0.1) is 0 Å².